The second-order valence-electron chi connectivity index (χ2n) is 6.05. The Kier molecular flexibility index (Phi) is 6.93. The number of nitrogens with zero attached hydrogens (tertiary/aromatic N) is 1. The number of benzene rings is 2. The number of amides is 1. The molecule has 1 atom stereocenters. The van der Waals surface area contributed by atoms with E-state index in [4.69, 9.17) is 10.00 Å². The first-order chi connectivity index (χ1) is 12.4. The number of hydrogen-bond acceptors (Lipinski definition) is 4. The summed E-state index contributed by atoms with van der Waals surface area (Å²) in [7, 11) is 0. The van der Waals surface area contributed by atoms with Crippen LogP contribution in [0.25, 0.3) is 0 Å². The minimum absolute atomic E-state index is 0.0172. The average molecular weight is 415 g/mol. The van der Waals surface area contributed by atoms with Gasteiger partial charge in [0.2, 0.25) is 0 Å². The fraction of sp³-hybridized carbons (Fsp3) is 0.250. The number of carbonyl (C=O) groups is 2. The predicted octanol–water partition coefficient (Wildman–Crippen LogP) is 3.82. The number of halogens is 1. The minimum atomic E-state index is -0.788. The normalized spacial score (nSPS) is 11.5. The number of rotatable bonds is 6. The van der Waals surface area contributed by atoms with Crippen molar-refractivity contribution in [2.75, 3.05) is 0 Å². The van der Waals surface area contributed by atoms with Crippen LogP contribution in [-0.4, -0.2) is 17.9 Å². The molecule has 1 amide bonds. The summed E-state index contributed by atoms with van der Waals surface area (Å²) in [6.07, 6.45) is 0. The molecule has 6 heteroatoms. The van der Waals surface area contributed by atoms with Gasteiger partial charge in [0.15, 0.2) is 0 Å². The molecule has 2 rings (SSSR count). The number of carbonyl (C=O) groups excluding carboxylic acids is 2. The molecule has 1 N–H and O–H groups in total. The van der Waals surface area contributed by atoms with Crippen LogP contribution in [0.3, 0.4) is 0 Å². The lowest BCUT2D eigenvalue weighted by Gasteiger charge is -2.21. The quantitative estimate of drug-likeness (QED) is 0.728. The first-order valence-corrected chi connectivity index (χ1v) is 8.93. The Hall–Kier alpha value is -2.65. The van der Waals surface area contributed by atoms with Gasteiger partial charge in [0.05, 0.1) is 17.2 Å². The standard InChI is InChI=1S/C20H19BrN2O3/c1-13(2)18(23-19(24)16-9-5-6-10-17(16)21)20(25)26-12-15-8-4-3-7-14(15)11-22/h3-10,13,18H,12H2,1-2H3,(H,23,24)/t18-/m0/s1. The monoisotopic (exact) mass is 414 g/mol. The molecule has 5 nitrogen and oxygen atoms in total. The molecule has 0 bridgehead atoms. The zero-order chi connectivity index (χ0) is 19.1. The number of esters is 1. The van der Waals surface area contributed by atoms with E-state index in [0.717, 1.165) is 0 Å². The molecule has 26 heavy (non-hydrogen) atoms. The molecule has 2 aromatic rings. The lowest BCUT2D eigenvalue weighted by molar-refractivity contribution is -0.148. The summed E-state index contributed by atoms with van der Waals surface area (Å²) in [6.45, 7) is 3.64. The maximum Gasteiger partial charge on any atom is 0.329 e. The van der Waals surface area contributed by atoms with Crippen molar-refractivity contribution in [3.8, 4) is 6.07 Å². The van der Waals surface area contributed by atoms with Gasteiger partial charge in [0, 0.05) is 10.0 Å². The van der Waals surface area contributed by atoms with Gasteiger partial charge in [0.25, 0.3) is 5.91 Å². The molecule has 0 fully saturated rings. The summed E-state index contributed by atoms with van der Waals surface area (Å²) in [5.41, 5.74) is 1.53. The molecular formula is C20H19BrN2O3. The first-order valence-electron chi connectivity index (χ1n) is 8.14. The fourth-order valence-corrected chi connectivity index (χ4v) is 2.82. The van der Waals surface area contributed by atoms with Crippen LogP contribution in [0.5, 0.6) is 0 Å². The zero-order valence-corrected chi connectivity index (χ0v) is 16.1. The van der Waals surface area contributed by atoms with Crippen LogP contribution in [0.15, 0.2) is 53.0 Å². The van der Waals surface area contributed by atoms with Crippen LogP contribution in [0, 0.1) is 17.2 Å². The van der Waals surface area contributed by atoms with Gasteiger partial charge in [-0.15, -0.1) is 0 Å². The molecule has 0 aliphatic rings. The molecule has 2 aromatic carbocycles. The van der Waals surface area contributed by atoms with E-state index in [1.807, 2.05) is 19.9 Å². The van der Waals surface area contributed by atoms with Crippen LogP contribution in [0.2, 0.25) is 0 Å². The van der Waals surface area contributed by atoms with E-state index in [-0.39, 0.29) is 18.4 Å². The van der Waals surface area contributed by atoms with Crippen molar-refractivity contribution >= 4 is 27.8 Å². The van der Waals surface area contributed by atoms with Crippen LogP contribution in [-0.2, 0) is 16.1 Å². The summed E-state index contributed by atoms with van der Waals surface area (Å²) in [5, 5.41) is 11.8. The molecule has 0 saturated heterocycles. The van der Waals surface area contributed by atoms with Crippen molar-refractivity contribution in [3.63, 3.8) is 0 Å². The Bertz CT molecular complexity index is 843. The van der Waals surface area contributed by atoms with Gasteiger partial charge in [-0.3, -0.25) is 4.79 Å². The Labute approximate surface area is 161 Å². The van der Waals surface area contributed by atoms with E-state index >= 15 is 0 Å². The van der Waals surface area contributed by atoms with E-state index in [0.29, 0.717) is 21.2 Å². The molecule has 0 radical (unpaired) electrons. The van der Waals surface area contributed by atoms with Crippen LogP contribution < -0.4 is 5.32 Å². The van der Waals surface area contributed by atoms with Crippen molar-refractivity contribution in [1.82, 2.24) is 5.32 Å². The summed E-state index contributed by atoms with van der Waals surface area (Å²) in [6, 6.07) is 15.2. The van der Waals surface area contributed by atoms with E-state index in [2.05, 4.69) is 27.3 Å². The van der Waals surface area contributed by atoms with Gasteiger partial charge in [-0.25, -0.2) is 4.79 Å². The topological polar surface area (TPSA) is 79.2 Å². The average Bonchev–Trinajstić information content (AvgIpc) is 2.64. The van der Waals surface area contributed by atoms with E-state index in [9.17, 15) is 9.59 Å². The highest BCUT2D eigenvalue weighted by molar-refractivity contribution is 9.10. The van der Waals surface area contributed by atoms with Crippen molar-refractivity contribution in [2.45, 2.75) is 26.5 Å². The van der Waals surface area contributed by atoms with Crippen molar-refractivity contribution in [1.29, 1.82) is 5.26 Å². The molecule has 0 aliphatic carbocycles. The molecule has 0 unspecified atom stereocenters. The second-order valence-corrected chi connectivity index (χ2v) is 6.91. The molecule has 0 aliphatic heterocycles. The number of nitrogens with one attached hydrogen (secondary N) is 1. The molecule has 0 spiro atoms. The fourth-order valence-electron chi connectivity index (χ4n) is 2.36. The van der Waals surface area contributed by atoms with E-state index in [1.165, 1.54) is 0 Å². The third-order valence-corrected chi connectivity index (χ3v) is 4.52. The van der Waals surface area contributed by atoms with Crippen molar-refractivity contribution < 1.29 is 14.3 Å². The first kappa shape index (κ1) is 19.7. The Morgan fingerprint density at radius 3 is 2.46 bits per heavy atom. The summed E-state index contributed by atoms with van der Waals surface area (Å²) >= 11 is 3.33. The van der Waals surface area contributed by atoms with Gasteiger partial charge in [-0.05, 0) is 40.0 Å². The van der Waals surface area contributed by atoms with Crippen molar-refractivity contribution in [3.05, 3.63) is 69.7 Å². The Morgan fingerprint density at radius 2 is 1.81 bits per heavy atom. The lowest BCUT2D eigenvalue weighted by Crippen LogP contribution is -2.45. The molecule has 134 valence electrons. The maximum atomic E-state index is 12.5. The third-order valence-electron chi connectivity index (χ3n) is 3.83. The van der Waals surface area contributed by atoms with Gasteiger partial charge < -0.3 is 10.1 Å². The number of ether oxygens (including phenoxy) is 1. The Balaban J connectivity index is 2.07. The smallest absolute Gasteiger partial charge is 0.329 e. The van der Waals surface area contributed by atoms with Crippen LogP contribution >= 0.6 is 15.9 Å². The summed E-state index contributed by atoms with van der Waals surface area (Å²) in [4.78, 5) is 24.9. The molecule has 0 saturated carbocycles. The van der Waals surface area contributed by atoms with E-state index in [1.54, 1.807) is 42.5 Å². The largest absolute Gasteiger partial charge is 0.459 e. The highest BCUT2D eigenvalue weighted by Gasteiger charge is 2.27. The zero-order valence-electron chi connectivity index (χ0n) is 14.5. The van der Waals surface area contributed by atoms with E-state index < -0.39 is 12.0 Å². The third kappa shape index (κ3) is 4.93. The number of hydrogen-bond donors (Lipinski definition) is 1. The van der Waals surface area contributed by atoms with Gasteiger partial charge >= 0.3 is 5.97 Å². The van der Waals surface area contributed by atoms with Crippen molar-refractivity contribution in [2.24, 2.45) is 5.92 Å². The second kappa shape index (κ2) is 9.16. The molecular weight excluding hydrogens is 396 g/mol. The highest BCUT2D eigenvalue weighted by atomic mass is 79.9. The SMILES string of the molecule is CC(C)[C@H](NC(=O)c1ccccc1Br)C(=O)OCc1ccccc1C#N. The van der Waals surface area contributed by atoms with Crippen LogP contribution in [0.4, 0.5) is 0 Å². The summed E-state index contributed by atoms with van der Waals surface area (Å²) < 4.78 is 5.99. The van der Waals surface area contributed by atoms with Gasteiger partial charge in [-0.1, -0.05) is 44.2 Å². The van der Waals surface area contributed by atoms with Crippen LogP contribution in [0.1, 0.15) is 35.3 Å². The highest BCUT2D eigenvalue weighted by Crippen LogP contribution is 2.17. The lowest BCUT2D eigenvalue weighted by atomic mass is 10.0. The molecule has 0 aromatic heterocycles. The van der Waals surface area contributed by atoms with Gasteiger partial charge in [-0.2, -0.15) is 5.26 Å². The molecule has 0 heterocycles. The predicted molar refractivity (Wildman–Crippen MR) is 101 cm³/mol. The van der Waals surface area contributed by atoms with Gasteiger partial charge in [0.1, 0.15) is 12.6 Å². The maximum absolute atomic E-state index is 12.5. The minimum Gasteiger partial charge on any atom is -0.459 e. The Morgan fingerprint density at radius 1 is 1.15 bits per heavy atom. The number of nitriles is 1. The summed E-state index contributed by atoms with van der Waals surface area (Å²) in [5.74, 6) is -1.04.